The fraction of sp³-hybridized carbons (Fsp3) is 0.571. The SMILES string of the molecule is NCC(=O)N[C@H](C=O)CCC(N)=O.[Zn]. The number of nitrogens with one attached hydrogen (secondary N) is 1. The number of primary amides is 1. The summed E-state index contributed by atoms with van der Waals surface area (Å²) in [6.45, 7) is -0.180. The van der Waals surface area contributed by atoms with E-state index in [1.54, 1.807) is 0 Å². The van der Waals surface area contributed by atoms with Gasteiger partial charge in [0.15, 0.2) is 0 Å². The molecule has 0 aromatic rings. The Hall–Kier alpha value is -0.807. The van der Waals surface area contributed by atoms with Crippen molar-refractivity contribution < 1.29 is 33.9 Å². The third-order valence-corrected chi connectivity index (χ3v) is 1.40. The van der Waals surface area contributed by atoms with Crippen LogP contribution in [0.1, 0.15) is 12.8 Å². The van der Waals surface area contributed by atoms with E-state index >= 15 is 0 Å². The van der Waals surface area contributed by atoms with E-state index in [0.717, 1.165) is 0 Å². The summed E-state index contributed by atoms with van der Waals surface area (Å²) in [4.78, 5) is 31.4. The van der Waals surface area contributed by atoms with Crippen LogP contribution < -0.4 is 16.8 Å². The van der Waals surface area contributed by atoms with E-state index in [9.17, 15) is 14.4 Å². The van der Waals surface area contributed by atoms with Gasteiger partial charge in [0.2, 0.25) is 11.8 Å². The molecule has 0 aromatic heterocycles. The number of amides is 2. The van der Waals surface area contributed by atoms with Crippen molar-refractivity contribution in [1.29, 1.82) is 0 Å². The molecular weight excluding hydrogens is 239 g/mol. The molecule has 0 saturated carbocycles. The average molecular weight is 253 g/mol. The number of rotatable bonds is 6. The van der Waals surface area contributed by atoms with E-state index in [1.807, 2.05) is 0 Å². The van der Waals surface area contributed by atoms with Gasteiger partial charge in [-0.05, 0) is 6.42 Å². The van der Waals surface area contributed by atoms with E-state index < -0.39 is 17.9 Å². The van der Waals surface area contributed by atoms with Crippen LogP contribution in [-0.4, -0.2) is 30.7 Å². The Morgan fingerprint density at radius 3 is 2.36 bits per heavy atom. The van der Waals surface area contributed by atoms with Crippen molar-refractivity contribution in [3.63, 3.8) is 0 Å². The summed E-state index contributed by atoms with van der Waals surface area (Å²) >= 11 is 0. The van der Waals surface area contributed by atoms with E-state index in [0.29, 0.717) is 6.29 Å². The van der Waals surface area contributed by atoms with Gasteiger partial charge in [-0.3, -0.25) is 9.59 Å². The van der Waals surface area contributed by atoms with E-state index in [2.05, 4.69) is 5.32 Å². The molecule has 1 atom stereocenters. The van der Waals surface area contributed by atoms with Crippen LogP contribution in [0.2, 0.25) is 0 Å². The third kappa shape index (κ3) is 7.82. The molecule has 6 nitrogen and oxygen atoms in total. The molecule has 0 radical (unpaired) electrons. The summed E-state index contributed by atoms with van der Waals surface area (Å²) < 4.78 is 0. The van der Waals surface area contributed by atoms with Gasteiger partial charge in [-0.15, -0.1) is 0 Å². The normalized spacial score (nSPS) is 10.9. The molecule has 2 amide bonds. The predicted octanol–water partition coefficient (Wildman–Crippen LogP) is -2.11. The molecule has 0 spiro atoms. The Morgan fingerprint density at radius 1 is 1.43 bits per heavy atom. The van der Waals surface area contributed by atoms with Crippen LogP contribution in [0.25, 0.3) is 0 Å². The van der Waals surface area contributed by atoms with Crippen LogP contribution >= 0.6 is 0 Å². The molecular formula is C7H13N3O3Zn. The van der Waals surface area contributed by atoms with Crippen molar-refractivity contribution in [2.75, 3.05) is 6.54 Å². The Bertz CT molecular complexity index is 210. The maximum absolute atomic E-state index is 10.7. The van der Waals surface area contributed by atoms with E-state index in [1.165, 1.54) is 0 Å². The molecule has 0 aliphatic rings. The van der Waals surface area contributed by atoms with Gasteiger partial charge in [-0.2, -0.15) is 0 Å². The molecule has 76 valence electrons. The first kappa shape index (κ1) is 15.7. The van der Waals surface area contributed by atoms with Crippen molar-refractivity contribution >= 4 is 18.1 Å². The minimum Gasteiger partial charge on any atom is -0.370 e. The fourth-order valence-electron chi connectivity index (χ4n) is 0.738. The second-order valence-corrected chi connectivity index (χ2v) is 2.52. The largest absolute Gasteiger partial charge is 0.370 e. The van der Waals surface area contributed by atoms with Gasteiger partial charge in [0, 0.05) is 25.9 Å². The summed E-state index contributed by atoms with van der Waals surface area (Å²) in [5.74, 6) is -0.935. The summed E-state index contributed by atoms with van der Waals surface area (Å²) in [6.07, 6.45) is 0.829. The van der Waals surface area contributed by atoms with Crippen LogP contribution in [0, 0.1) is 0 Å². The molecule has 5 N–H and O–H groups in total. The first-order valence-electron chi connectivity index (χ1n) is 3.83. The molecule has 0 unspecified atom stereocenters. The summed E-state index contributed by atoms with van der Waals surface area (Å²) in [7, 11) is 0. The van der Waals surface area contributed by atoms with Crippen LogP contribution in [0.5, 0.6) is 0 Å². The van der Waals surface area contributed by atoms with Crippen LogP contribution in [0.15, 0.2) is 0 Å². The zero-order valence-electron chi connectivity index (χ0n) is 7.86. The van der Waals surface area contributed by atoms with Crippen molar-refractivity contribution in [3.8, 4) is 0 Å². The number of hydrogen-bond donors (Lipinski definition) is 3. The predicted molar refractivity (Wildman–Crippen MR) is 45.5 cm³/mol. The van der Waals surface area contributed by atoms with Gasteiger partial charge in [0.05, 0.1) is 12.6 Å². The molecule has 0 fully saturated rings. The van der Waals surface area contributed by atoms with Crippen molar-refractivity contribution in [3.05, 3.63) is 0 Å². The van der Waals surface area contributed by atoms with Crippen LogP contribution in [-0.2, 0) is 33.9 Å². The first-order chi connectivity index (χ1) is 6.10. The molecule has 14 heavy (non-hydrogen) atoms. The Morgan fingerprint density at radius 2 is 2.00 bits per heavy atom. The van der Waals surface area contributed by atoms with Crippen LogP contribution in [0.4, 0.5) is 0 Å². The van der Waals surface area contributed by atoms with Crippen molar-refractivity contribution in [1.82, 2.24) is 5.32 Å². The topological polar surface area (TPSA) is 115 Å². The molecule has 0 saturated heterocycles. The Labute approximate surface area is 94.5 Å². The first-order valence-corrected chi connectivity index (χ1v) is 3.83. The van der Waals surface area contributed by atoms with Crippen molar-refractivity contribution in [2.24, 2.45) is 11.5 Å². The number of carbonyl (C=O) groups is 3. The quantitative estimate of drug-likeness (QED) is 0.371. The van der Waals surface area contributed by atoms with E-state index in [4.69, 9.17) is 11.5 Å². The summed E-state index contributed by atoms with van der Waals surface area (Å²) in [6, 6.07) is -0.677. The number of hydrogen-bond acceptors (Lipinski definition) is 4. The van der Waals surface area contributed by atoms with Gasteiger partial charge in [-0.1, -0.05) is 0 Å². The number of aldehydes is 1. The molecule has 0 aliphatic carbocycles. The molecule has 0 aliphatic heterocycles. The van der Waals surface area contributed by atoms with Gasteiger partial charge in [0.25, 0.3) is 0 Å². The zero-order chi connectivity index (χ0) is 10.3. The van der Waals surface area contributed by atoms with Crippen LogP contribution in [0.3, 0.4) is 0 Å². The molecule has 0 aromatic carbocycles. The summed E-state index contributed by atoms with van der Waals surface area (Å²) in [5.41, 5.74) is 9.88. The smallest absolute Gasteiger partial charge is 0.234 e. The average Bonchev–Trinajstić information content (AvgIpc) is 2.11. The van der Waals surface area contributed by atoms with Gasteiger partial charge in [0.1, 0.15) is 6.29 Å². The third-order valence-electron chi connectivity index (χ3n) is 1.40. The van der Waals surface area contributed by atoms with Crippen molar-refractivity contribution in [2.45, 2.75) is 18.9 Å². The second-order valence-electron chi connectivity index (χ2n) is 2.52. The zero-order valence-corrected chi connectivity index (χ0v) is 10.8. The molecule has 0 heterocycles. The second kappa shape index (κ2) is 8.78. The van der Waals surface area contributed by atoms with Gasteiger partial charge >= 0.3 is 0 Å². The maximum atomic E-state index is 10.7. The Balaban J connectivity index is 0. The van der Waals surface area contributed by atoms with E-state index in [-0.39, 0.29) is 38.9 Å². The summed E-state index contributed by atoms with van der Waals surface area (Å²) in [5, 5.41) is 2.33. The standard InChI is InChI=1S/C7H13N3O3.Zn/c8-3-7(13)10-5(4-11)1-2-6(9)12;/h4-5H,1-3,8H2,(H2,9,12)(H,10,13);/t5-;/m0./s1. The molecule has 0 bridgehead atoms. The Kier molecular flexibility index (Phi) is 9.81. The molecule has 7 heteroatoms. The fourth-order valence-corrected chi connectivity index (χ4v) is 0.738. The number of nitrogens with two attached hydrogens (primary N) is 2. The van der Waals surface area contributed by atoms with Gasteiger partial charge < -0.3 is 21.6 Å². The minimum atomic E-state index is -0.677. The maximum Gasteiger partial charge on any atom is 0.234 e. The number of carbonyl (C=O) groups excluding carboxylic acids is 3. The monoisotopic (exact) mass is 251 g/mol. The molecule has 0 rings (SSSR count). The minimum absolute atomic E-state index is 0. The van der Waals surface area contributed by atoms with Gasteiger partial charge in [-0.25, -0.2) is 0 Å².